The van der Waals surface area contributed by atoms with Crippen LogP contribution >= 0.6 is 11.5 Å². The van der Waals surface area contributed by atoms with Gasteiger partial charge in [-0.1, -0.05) is 32.2 Å². The quantitative estimate of drug-likeness (QED) is 0.880. The number of hydrogen-bond donors (Lipinski definition) is 2. The molecule has 0 radical (unpaired) electrons. The van der Waals surface area contributed by atoms with Crippen LogP contribution in [0.5, 0.6) is 0 Å². The first-order valence-electron chi connectivity index (χ1n) is 6.00. The fourth-order valence-electron chi connectivity index (χ4n) is 1.43. The average molecular weight is 285 g/mol. The predicted molar refractivity (Wildman–Crippen MR) is 72.4 cm³/mol. The third-order valence-electron chi connectivity index (χ3n) is 2.97. The molecule has 0 aliphatic heterocycles. The summed E-state index contributed by atoms with van der Waals surface area (Å²) in [7, 11) is 0. The summed E-state index contributed by atoms with van der Waals surface area (Å²) >= 11 is 0.981. The van der Waals surface area contributed by atoms with Crippen molar-refractivity contribution in [3.63, 3.8) is 0 Å². The van der Waals surface area contributed by atoms with Crippen molar-refractivity contribution in [3.05, 3.63) is 10.6 Å². The lowest BCUT2D eigenvalue weighted by Gasteiger charge is -2.25. The highest BCUT2D eigenvalue weighted by Crippen LogP contribution is 2.26. The zero-order chi connectivity index (χ0) is 14.8. The van der Waals surface area contributed by atoms with Gasteiger partial charge in [0.2, 0.25) is 0 Å². The molecular formula is C12H19N3O3S. The minimum Gasteiger partial charge on any atom is -0.480 e. The molecule has 1 amide bonds. The van der Waals surface area contributed by atoms with Gasteiger partial charge in [-0.25, -0.2) is 4.79 Å². The minimum atomic E-state index is -1.28. The summed E-state index contributed by atoms with van der Waals surface area (Å²) in [6.45, 7) is 8.98. The Kier molecular flexibility index (Phi) is 4.29. The number of amides is 1. The number of rotatable bonds is 4. The number of carbonyl (C=O) groups is 2. The minimum absolute atomic E-state index is 0.297. The maximum Gasteiger partial charge on any atom is 0.329 e. The van der Waals surface area contributed by atoms with Gasteiger partial charge in [0.05, 0.1) is 5.69 Å². The summed E-state index contributed by atoms with van der Waals surface area (Å²) in [4.78, 5) is 23.8. The molecule has 0 spiro atoms. The van der Waals surface area contributed by atoms with Gasteiger partial charge < -0.3 is 10.4 Å². The number of carboxylic acid groups (broad SMARTS) is 1. The van der Waals surface area contributed by atoms with E-state index < -0.39 is 17.4 Å². The molecule has 1 aromatic heterocycles. The highest BCUT2D eigenvalue weighted by atomic mass is 32.1. The first-order valence-corrected chi connectivity index (χ1v) is 6.78. The van der Waals surface area contributed by atoms with E-state index in [-0.39, 0.29) is 5.41 Å². The van der Waals surface area contributed by atoms with Gasteiger partial charge in [-0.2, -0.15) is 0 Å². The topological polar surface area (TPSA) is 92.2 Å². The van der Waals surface area contributed by atoms with Gasteiger partial charge in [-0.05, 0) is 24.9 Å². The second kappa shape index (κ2) is 5.24. The molecule has 1 rings (SSSR count). The van der Waals surface area contributed by atoms with E-state index in [2.05, 4.69) is 14.9 Å². The Morgan fingerprint density at radius 3 is 2.32 bits per heavy atom. The Morgan fingerprint density at radius 1 is 1.32 bits per heavy atom. The van der Waals surface area contributed by atoms with Gasteiger partial charge in [-0.3, -0.25) is 4.79 Å². The number of carbonyl (C=O) groups excluding carboxylic acids is 1. The zero-order valence-corrected chi connectivity index (χ0v) is 12.6. The molecule has 7 heteroatoms. The molecular weight excluding hydrogens is 266 g/mol. The second-order valence-corrected chi connectivity index (χ2v) is 6.40. The Balaban J connectivity index is 3.03. The van der Waals surface area contributed by atoms with Gasteiger partial charge >= 0.3 is 5.97 Å². The van der Waals surface area contributed by atoms with E-state index in [1.54, 1.807) is 6.92 Å². The lowest BCUT2D eigenvalue weighted by atomic mass is 9.91. The van der Waals surface area contributed by atoms with Crippen LogP contribution in [0.25, 0.3) is 0 Å². The summed E-state index contributed by atoms with van der Waals surface area (Å²) in [5.74, 6) is -1.50. The van der Waals surface area contributed by atoms with Crippen LogP contribution in [0.4, 0.5) is 0 Å². The van der Waals surface area contributed by atoms with E-state index in [1.807, 2.05) is 20.8 Å². The maximum absolute atomic E-state index is 12.2. The number of aromatic nitrogens is 2. The van der Waals surface area contributed by atoms with Crippen molar-refractivity contribution in [2.75, 3.05) is 0 Å². The number of hydrogen-bond acceptors (Lipinski definition) is 5. The lowest BCUT2D eigenvalue weighted by molar-refractivity contribution is -0.143. The summed E-state index contributed by atoms with van der Waals surface area (Å²) < 4.78 is 3.79. The van der Waals surface area contributed by atoms with E-state index in [9.17, 15) is 9.59 Å². The molecule has 1 heterocycles. The summed E-state index contributed by atoms with van der Waals surface area (Å²) in [5, 5.41) is 15.7. The van der Waals surface area contributed by atoms with Gasteiger partial charge in [0.15, 0.2) is 0 Å². The molecule has 6 nitrogen and oxygen atoms in total. The van der Waals surface area contributed by atoms with Crippen molar-refractivity contribution in [1.82, 2.24) is 14.9 Å². The molecule has 0 saturated carbocycles. The highest BCUT2D eigenvalue weighted by molar-refractivity contribution is 7.08. The third kappa shape index (κ3) is 3.28. The molecule has 0 saturated heterocycles. The number of aliphatic carboxylic acids is 1. The van der Waals surface area contributed by atoms with Gasteiger partial charge in [-0.15, -0.1) is 5.10 Å². The standard InChI is InChI=1S/C12H19N3O3S/c1-6-12(5,10(17)18)13-9(16)7-8(11(2,3)4)14-15-19-7/h6H2,1-5H3,(H,13,16)(H,17,18). The molecule has 0 bridgehead atoms. The van der Waals surface area contributed by atoms with E-state index in [0.717, 1.165) is 11.5 Å². The molecule has 0 aliphatic rings. The first kappa shape index (κ1) is 15.6. The Bertz CT molecular complexity index is 493. The summed E-state index contributed by atoms with van der Waals surface area (Å²) in [6, 6.07) is 0. The Hall–Kier alpha value is -1.50. The maximum atomic E-state index is 12.2. The molecule has 2 N–H and O–H groups in total. The molecule has 0 fully saturated rings. The molecule has 19 heavy (non-hydrogen) atoms. The second-order valence-electron chi connectivity index (χ2n) is 5.65. The number of carboxylic acids is 1. The molecule has 0 aliphatic carbocycles. The average Bonchev–Trinajstić information content (AvgIpc) is 2.77. The third-order valence-corrected chi connectivity index (χ3v) is 3.70. The van der Waals surface area contributed by atoms with E-state index in [0.29, 0.717) is 17.0 Å². The molecule has 1 unspecified atom stereocenters. The lowest BCUT2D eigenvalue weighted by Crippen LogP contribution is -2.51. The van der Waals surface area contributed by atoms with Crippen molar-refractivity contribution < 1.29 is 14.7 Å². The van der Waals surface area contributed by atoms with Crippen LogP contribution in [-0.4, -0.2) is 32.1 Å². The smallest absolute Gasteiger partial charge is 0.329 e. The van der Waals surface area contributed by atoms with E-state index in [4.69, 9.17) is 5.11 Å². The fourth-order valence-corrected chi connectivity index (χ4v) is 2.20. The first-order chi connectivity index (χ1) is 8.62. The highest BCUT2D eigenvalue weighted by Gasteiger charge is 2.35. The Labute approximate surface area is 116 Å². The van der Waals surface area contributed by atoms with E-state index >= 15 is 0 Å². The SMILES string of the molecule is CCC(C)(NC(=O)c1snnc1C(C)(C)C)C(=O)O. The van der Waals surface area contributed by atoms with Crippen molar-refractivity contribution in [2.45, 2.75) is 52.0 Å². The molecule has 1 atom stereocenters. The fraction of sp³-hybridized carbons (Fsp3) is 0.667. The van der Waals surface area contributed by atoms with Crippen LogP contribution in [0.15, 0.2) is 0 Å². The largest absolute Gasteiger partial charge is 0.480 e. The molecule has 0 aromatic carbocycles. The van der Waals surface area contributed by atoms with Crippen LogP contribution in [0.3, 0.4) is 0 Å². The normalized spacial score (nSPS) is 14.8. The van der Waals surface area contributed by atoms with Crippen LogP contribution in [0, 0.1) is 0 Å². The molecule has 1 aromatic rings. The zero-order valence-electron chi connectivity index (χ0n) is 11.8. The molecule has 106 valence electrons. The van der Waals surface area contributed by atoms with Crippen LogP contribution in [0.1, 0.15) is 56.4 Å². The van der Waals surface area contributed by atoms with Crippen molar-refractivity contribution in [3.8, 4) is 0 Å². The van der Waals surface area contributed by atoms with Crippen molar-refractivity contribution in [2.24, 2.45) is 0 Å². The monoisotopic (exact) mass is 285 g/mol. The predicted octanol–water partition coefficient (Wildman–Crippen LogP) is 1.82. The van der Waals surface area contributed by atoms with Gasteiger partial charge in [0, 0.05) is 5.41 Å². The van der Waals surface area contributed by atoms with Crippen LogP contribution in [-0.2, 0) is 10.2 Å². The van der Waals surface area contributed by atoms with Gasteiger partial charge in [0.25, 0.3) is 5.91 Å². The van der Waals surface area contributed by atoms with Crippen molar-refractivity contribution in [1.29, 1.82) is 0 Å². The van der Waals surface area contributed by atoms with Crippen LogP contribution in [0.2, 0.25) is 0 Å². The van der Waals surface area contributed by atoms with Gasteiger partial charge in [0.1, 0.15) is 10.4 Å². The van der Waals surface area contributed by atoms with E-state index in [1.165, 1.54) is 6.92 Å². The summed E-state index contributed by atoms with van der Waals surface area (Å²) in [5.41, 5.74) is -1.01. The van der Waals surface area contributed by atoms with Crippen molar-refractivity contribution >= 4 is 23.4 Å². The number of nitrogens with one attached hydrogen (secondary N) is 1. The van der Waals surface area contributed by atoms with Crippen LogP contribution < -0.4 is 5.32 Å². The Morgan fingerprint density at radius 2 is 1.89 bits per heavy atom. The number of nitrogens with zero attached hydrogens (tertiary/aromatic N) is 2. The summed E-state index contributed by atoms with van der Waals surface area (Å²) in [6.07, 6.45) is 0.297.